The van der Waals surface area contributed by atoms with Gasteiger partial charge in [-0.1, -0.05) is 13.8 Å². The number of hydrogen-bond acceptors (Lipinski definition) is 3. The lowest BCUT2D eigenvalue weighted by molar-refractivity contribution is -0.177. The molecule has 2 aliphatic rings. The van der Waals surface area contributed by atoms with Crippen LogP contribution in [0.3, 0.4) is 0 Å². The zero-order valence-corrected chi connectivity index (χ0v) is 12.4. The number of rotatable bonds is 3. The van der Waals surface area contributed by atoms with E-state index in [0.717, 1.165) is 19.4 Å². The number of fused-ring (bicyclic) bond motifs is 1. The number of benzene rings is 1. The molecule has 0 aromatic heterocycles. The summed E-state index contributed by atoms with van der Waals surface area (Å²) in [6.45, 7) is 5.07. The average Bonchev–Trinajstić information content (AvgIpc) is 2.46. The van der Waals surface area contributed by atoms with Crippen LogP contribution in [0.4, 0.5) is 10.1 Å². The van der Waals surface area contributed by atoms with E-state index in [0.29, 0.717) is 17.2 Å². The molecule has 2 fully saturated rings. The molecule has 4 nitrogen and oxygen atoms in total. The van der Waals surface area contributed by atoms with Crippen LogP contribution >= 0.6 is 0 Å². The molecular weight excluding hydrogens is 271 g/mol. The van der Waals surface area contributed by atoms with Crippen molar-refractivity contribution in [3.05, 3.63) is 29.6 Å². The summed E-state index contributed by atoms with van der Waals surface area (Å²) in [5.41, 5.74) is 5.86. The summed E-state index contributed by atoms with van der Waals surface area (Å²) in [6, 6.07) is 4.31. The zero-order chi connectivity index (χ0) is 15.2. The van der Waals surface area contributed by atoms with Gasteiger partial charge < -0.3 is 15.8 Å². The van der Waals surface area contributed by atoms with Gasteiger partial charge in [0.1, 0.15) is 5.82 Å². The first-order chi connectivity index (χ1) is 9.91. The summed E-state index contributed by atoms with van der Waals surface area (Å²) < 4.78 is 19.8. The minimum Gasteiger partial charge on any atom is -0.379 e. The fourth-order valence-corrected chi connectivity index (χ4v) is 3.77. The SMILES string of the molecule is CC1(C)C(Nc2cc(C(N)=O)ccc2F)C2CCCOC21. The molecule has 0 spiro atoms. The van der Waals surface area contributed by atoms with Gasteiger partial charge in [-0.2, -0.15) is 0 Å². The van der Waals surface area contributed by atoms with Crippen molar-refractivity contribution in [1.29, 1.82) is 0 Å². The third kappa shape index (κ3) is 2.29. The molecule has 5 heteroatoms. The Kier molecular flexibility index (Phi) is 3.40. The summed E-state index contributed by atoms with van der Waals surface area (Å²) in [4.78, 5) is 11.2. The molecule has 1 aromatic carbocycles. The first kappa shape index (κ1) is 14.3. The molecule has 1 aromatic rings. The van der Waals surface area contributed by atoms with Gasteiger partial charge in [0.15, 0.2) is 0 Å². The van der Waals surface area contributed by atoms with E-state index < -0.39 is 5.91 Å². The lowest BCUT2D eigenvalue weighted by atomic mass is 9.55. The number of halogens is 1. The number of nitrogens with two attached hydrogens (primary N) is 1. The van der Waals surface area contributed by atoms with Crippen molar-refractivity contribution in [2.45, 2.75) is 38.8 Å². The number of amides is 1. The van der Waals surface area contributed by atoms with Crippen LogP contribution in [0.5, 0.6) is 0 Å². The summed E-state index contributed by atoms with van der Waals surface area (Å²) in [7, 11) is 0. The van der Waals surface area contributed by atoms with Crippen LogP contribution in [-0.4, -0.2) is 24.7 Å². The maximum absolute atomic E-state index is 14.0. The van der Waals surface area contributed by atoms with Crippen molar-refractivity contribution >= 4 is 11.6 Å². The Balaban J connectivity index is 1.83. The average molecular weight is 292 g/mol. The van der Waals surface area contributed by atoms with Crippen LogP contribution < -0.4 is 11.1 Å². The van der Waals surface area contributed by atoms with Crippen molar-refractivity contribution < 1.29 is 13.9 Å². The van der Waals surface area contributed by atoms with Crippen molar-refractivity contribution in [2.75, 3.05) is 11.9 Å². The van der Waals surface area contributed by atoms with Crippen molar-refractivity contribution in [3.63, 3.8) is 0 Å². The van der Waals surface area contributed by atoms with E-state index >= 15 is 0 Å². The summed E-state index contributed by atoms with van der Waals surface area (Å²) in [5.74, 6) is -0.522. The molecule has 3 atom stereocenters. The van der Waals surface area contributed by atoms with E-state index in [2.05, 4.69) is 19.2 Å². The Hall–Kier alpha value is -1.62. The summed E-state index contributed by atoms with van der Waals surface area (Å²) in [5, 5.41) is 3.27. The standard InChI is InChI=1S/C16H21FN2O2/c1-16(2)13(10-4-3-7-21-14(10)16)19-12-8-9(15(18)20)5-6-11(12)17/h5-6,8,10,13-14,19H,3-4,7H2,1-2H3,(H2,18,20). The molecule has 0 radical (unpaired) electrons. The van der Waals surface area contributed by atoms with Gasteiger partial charge in [0, 0.05) is 29.5 Å². The van der Waals surface area contributed by atoms with Gasteiger partial charge >= 0.3 is 0 Å². The van der Waals surface area contributed by atoms with Crippen LogP contribution in [0, 0.1) is 17.2 Å². The molecule has 0 bridgehead atoms. The summed E-state index contributed by atoms with van der Waals surface area (Å²) >= 11 is 0. The van der Waals surface area contributed by atoms with Gasteiger partial charge in [-0.3, -0.25) is 4.79 Å². The fourth-order valence-electron chi connectivity index (χ4n) is 3.77. The Bertz CT molecular complexity index is 573. The lowest BCUT2D eigenvalue weighted by Gasteiger charge is -2.60. The second-order valence-corrected chi connectivity index (χ2v) is 6.60. The highest BCUT2D eigenvalue weighted by atomic mass is 19.1. The van der Waals surface area contributed by atoms with Crippen molar-refractivity contribution in [3.8, 4) is 0 Å². The van der Waals surface area contributed by atoms with Crippen LogP contribution in [0.2, 0.25) is 0 Å². The monoisotopic (exact) mass is 292 g/mol. The number of anilines is 1. The molecule has 3 unspecified atom stereocenters. The van der Waals surface area contributed by atoms with Gasteiger partial charge in [0.05, 0.1) is 11.8 Å². The first-order valence-electron chi connectivity index (χ1n) is 7.39. The van der Waals surface area contributed by atoms with E-state index in [-0.39, 0.29) is 23.4 Å². The molecule has 1 aliphatic heterocycles. The van der Waals surface area contributed by atoms with Gasteiger partial charge in [0.25, 0.3) is 0 Å². The van der Waals surface area contributed by atoms with Crippen molar-refractivity contribution in [2.24, 2.45) is 17.1 Å². The van der Waals surface area contributed by atoms with Crippen LogP contribution in [-0.2, 0) is 4.74 Å². The second-order valence-electron chi connectivity index (χ2n) is 6.60. The van der Waals surface area contributed by atoms with Gasteiger partial charge in [-0.05, 0) is 31.0 Å². The lowest BCUT2D eigenvalue weighted by Crippen LogP contribution is -2.67. The van der Waals surface area contributed by atoms with Crippen molar-refractivity contribution in [1.82, 2.24) is 0 Å². The fraction of sp³-hybridized carbons (Fsp3) is 0.562. The van der Waals surface area contributed by atoms with E-state index in [9.17, 15) is 9.18 Å². The smallest absolute Gasteiger partial charge is 0.248 e. The van der Waals surface area contributed by atoms with E-state index in [1.807, 2.05) is 0 Å². The Morgan fingerprint density at radius 2 is 2.24 bits per heavy atom. The maximum Gasteiger partial charge on any atom is 0.248 e. The Labute approximate surface area is 123 Å². The van der Waals surface area contributed by atoms with Crippen LogP contribution in [0.15, 0.2) is 18.2 Å². The predicted molar refractivity (Wildman–Crippen MR) is 78.6 cm³/mol. The first-order valence-corrected chi connectivity index (χ1v) is 7.39. The minimum atomic E-state index is -0.551. The van der Waals surface area contributed by atoms with Gasteiger partial charge in [0.2, 0.25) is 5.91 Å². The third-order valence-corrected chi connectivity index (χ3v) is 4.89. The summed E-state index contributed by atoms with van der Waals surface area (Å²) in [6.07, 6.45) is 2.36. The van der Waals surface area contributed by atoms with Gasteiger partial charge in [-0.15, -0.1) is 0 Å². The number of carbonyl (C=O) groups is 1. The molecule has 3 rings (SSSR count). The highest BCUT2D eigenvalue weighted by Crippen LogP contribution is 2.52. The molecule has 1 saturated carbocycles. The van der Waals surface area contributed by atoms with Crippen LogP contribution in [0.1, 0.15) is 37.0 Å². The molecule has 1 aliphatic carbocycles. The van der Waals surface area contributed by atoms with E-state index in [1.165, 1.54) is 18.2 Å². The number of carbonyl (C=O) groups excluding carboxylic acids is 1. The molecule has 1 heterocycles. The molecule has 114 valence electrons. The topological polar surface area (TPSA) is 64.3 Å². The van der Waals surface area contributed by atoms with E-state index in [1.54, 1.807) is 0 Å². The molecule has 1 saturated heterocycles. The molecule has 1 amide bonds. The number of nitrogens with one attached hydrogen (secondary N) is 1. The maximum atomic E-state index is 14.0. The molecular formula is C16H21FN2O2. The number of ether oxygens (including phenoxy) is 1. The number of hydrogen-bond donors (Lipinski definition) is 2. The Morgan fingerprint density at radius 1 is 1.48 bits per heavy atom. The van der Waals surface area contributed by atoms with Gasteiger partial charge in [-0.25, -0.2) is 4.39 Å². The highest BCUT2D eigenvalue weighted by molar-refractivity contribution is 5.93. The number of primary amides is 1. The quantitative estimate of drug-likeness (QED) is 0.900. The molecule has 21 heavy (non-hydrogen) atoms. The van der Waals surface area contributed by atoms with E-state index in [4.69, 9.17) is 10.5 Å². The molecule has 3 N–H and O–H groups in total. The highest BCUT2D eigenvalue weighted by Gasteiger charge is 2.58. The third-order valence-electron chi connectivity index (χ3n) is 4.89. The van der Waals surface area contributed by atoms with Crippen LogP contribution in [0.25, 0.3) is 0 Å². The zero-order valence-electron chi connectivity index (χ0n) is 12.4. The normalized spacial score (nSPS) is 30.1. The minimum absolute atomic E-state index is 0.0553. The predicted octanol–water partition coefficient (Wildman–Crippen LogP) is 2.54. The Morgan fingerprint density at radius 3 is 2.95 bits per heavy atom. The second kappa shape index (κ2) is 4.98. The largest absolute Gasteiger partial charge is 0.379 e.